The van der Waals surface area contributed by atoms with Crippen LogP contribution in [0, 0.1) is 0 Å². The van der Waals surface area contributed by atoms with Crippen LogP contribution in [0.2, 0.25) is 0 Å². The van der Waals surface area contributed by atoms with Crippen molar-refractivity contribution < 1.29 is 9.47 Å². The van der Waals surface area contributed by atoms with Gasteiger partial charge in [0.15, 0.2) is 17.5 Å². The molecule has 0 aliphatic carbocycles. The number of benzene rings is 1. The molecule has 2 aliphatic heterocycles. The molecule has 0 amide bonds. The maximum Gasteiger partial charge on any atom is 0.231 e. The molecular formula is C10H12ClN3O2. The molecule has 5 nitrogen and oxygen atoms in total. The monoisotopic (exact) mass is 241 g/mol. The highest BCUT2D eigenvalue weighted by molar-refractivity contribution is 5.94. The van der Waals surface area contributed by atoms with Crippen molar-refractivity contribution in [2.75, 3.05) is 25.2 Å². The Morgan fingerprint density at radius 1 is 1.25 bits per heavy atom. The van der Waals surface area contributed by atoms with Crippen LogP contribution in [0.5, 0.6) is 11.5 Å². The highest BCUT2D eigenvalue weighted by Gasteiger charge is 2.14. The van der Waals surface area contributed by atoms with Crippen LogP contribution < -0.4 is 20.1 Å². The molecule has 2 heterocycles. The molecule has 0 unspecified atom stereocenters. The zero-order valence-corrected chi connectivity index (χ0v) is 9.34. The number of nitrogens with one attached hydrogen (secondary N) is 2. The van der Waals surface area contributed by atoms with Crippen molar-refractivity contribution in [1.82, 2.24) is 5.32 Å². The molecule has 2 N–H and O–H groups in total. The lowest BCUT2D eigenvalue weighted by Gasteiger charge is -2.06. The van der Waals surface area contributed by atoms with Gasteiger partial charge in [-0.15, -0.1) is 12.4 Å². The van der Waals surface area contributed by atoms with Crippen LogP contribution in [0.25, 0.3) is 0 Å². The first kappa shape index (κ1) is 10.9. The zero-order chi connectivity index (χ0) is 10.1. The minimum absolute atomic E-state index is 0. The highest BCUT2D eigenvalue weighted by atomic mass is 35.5. The lowest BCUT2D eigenvalue weighted by molar-refractivity contribution is 0.174. The van der Waals surface area contributed by atoms with Gasteiger partial charge in [-0.2, -0.15) is 0 Å². The average Bonchev–Trinajstić information content (AvgIpc) is 2.87. The second-order valence-electron chi connectivity index (χ2n) is 3.35. The minimum atomic E-state index is 0. The van der Waals surface area contributed by atoms with E-state index in [1.54, 1.807) is 0 Å². The van der Waals surface area contributed by atoms with Crippen molar-refractivity contribution in [2.24, 2.45) is 4.99 Å². The lowest BCUT2D eigenvalue weighted by atomic mass is 10.3. The van der Waals surface area contributed by atoms with E-state index in [0.717, 1.165) is 36.2 Å². The Morgan fingerprint density at radius 3 is 2.94 bits per heavy atom. The molecule has 0 spiro atoms. The van der Waals surface area contributed by atoms with E-state index >= 15 is 0 Å². The number of rotatable bonds is 1. The van der Waals surface area contributed by atoms with E-state index in [0.29, 0.717) is 6.79 Å². The summed E-state index contributed by atoms with van der Waals surface area (Å²) in [6.07, 6.45) is 0. The first-order valence-electron chi connectivity index (χ1n) is 4.87. The fourth-order valence-corrected chi connectivity index (χ4v) is 1.59. The summed E-state index contributed by atoms with van der Waals surface area (Å²) in [5.74, 6) is 2.38. The number of aliphatic imine (C=N–C) groups is 1. The third-order valence-corrected chi connectivity index (χ3v) is 2.31. The number of anilines is 1. The number of hydrogen-bond donors (Lipinski definition) is 2. The third-order valence-electron chi connectivity index (χ3n) is 2.31. The molecule has 0 bridgehead atoms. The van der Waals surface area contributed by atoms with Crippen molar-refractivity contribution in [3.63, 3.8) is 0 Å². The largest absolute Gasteiger partial charge is 0.454 e. The molecule has 86 valence electrons. The molecule has 0 radical (unpaired) electrons. The van der Waals surface area contributed by atoms with Gasteiger partial charge in [0.25, 0.3) is 0 Å². The average molecular weight is 242 g/mol. The van der Waals surface area contributed by atoms with Crippen LogP contribution in [-0.2, 0) is 0 Å². The molecule has 0 saturated carbocycles. The van der Waals surface area contributed by atoms with Crippen molar-refractivity contribution in [3.05, 3.63) is 18.2 Å². The zero-order valence-electron chi connectivity index (χ0n) is 8.53. The van der Waals surface area contributed by atoms with Crippen LogP contribution in [0.1, 0.15) is 0 Å². The summed E-state index contributed by atoms with van der Waals surface area (Å²) in [7, 11) is 0. The van der Waals surface area contributed by atoms with Gasteiger partial charge in [-0.05, 0) is 12.1 Å². The van der Waals surface area contributed by atoms with Gasteiger partial charge in [0.05, 0.1) is 6.54 Å². The molecule has 2 aliphatic rings. The summed E-state index contributed by atoms with van der Waals surface area (Å²) in [4.78, 5) is 4.25. The van der Waals surface area contributed by atoms with E-state index in [2.05, 4.69) is 15.6 Å². The SMILES string of the molecule is Cl.c1cc2c(cc1NC1=NCCN1)OCO2. The van der Waals surface area contributed by atoms with Crippen LogP contribution in [0.15, 0.2) is 23.2 Å². The molecule has 16 heavy (non-hydrogen) atoms. The lowest BCUT2D eigenvalue weighted by Crippen LogP contribution is -2.26. The summed E-state index contributed by atoms with van der Waals surface area (Å²) in [6, 6.07) is 5.74. The quantitative estimate of drug-likeness (QED) is 0.776. The van der Waals surface area contributed by atoms with Gasteiger partial charge in [-0.1, -0.05) is 0 Å². The molecule has 0 fully saturated rings. The van der Waals surface area contributed by atoms with Gasteiger partial charge in [0.2, 0.25) is 6.79 Å². The topological polar surface area (TPSA) is 54.9 Å². The maximum atomic E-state index is 5.28. The fraction of sp³-hybridized carbons (Fsp3) is 0.300. The maximum absolute atomic E-state index is 5.28. The van der Waals surface area contributed by atoms with Crippen molar-refractivity contribution >= 4 is 24.1 Å². The van der Waals surface area contributed by atoms with Crippen LogP contribution >= 0.6 is 12.4 Å². The third kappa shape index (κ3) is 1.99. The molecule has 0 aromatic heterocycles. The molecule has 6 heteroatoms. The van der Waals surface area contributed by atoms with E-state index in [1.165, 1.54) is 0 Å². The number of nitrogens with zero attached hydrogens (tertiary/aromatic N) is 1. The molecule has 1 aromatic rings. The molecule has 0 atom stereocenters. The first-order chi connectivity index (χ1) is 7.42. The summed E-state index contributed by atoms with van der Waals surface area (Å²) >= 11 is 0. The summed E-state index contributed by atoms with van der Waals surface area (Å²) in [6.45, 7) is 2.03. The van der Waals surface area contributed by atoms with E-state index in [4.69, 9.17) is 9.47 Å². The van der Waals surface area contributed by atoms with E-state index < -0.39 is 0 Å². The summed E-state index contributed by atoms with van der Waals surface area (Å²) < 4.78 is 10.5. The Balaban J connectivity index is 0.000000963. The second kappa shape index (κ2) is 4.49. The predicted molar refractivity (Wildman–Crippen MR) is 63.7 cm³/mol. The van der Waals surface area contributed by atoms with Crippen molar-refractivity contribution in [2.45, 2.75) is 0 Å². The first-order valence-corrected chi connectivity index (χ1v) is 4.87. The van der Waals surface area contributed by atoms with Crippen LogP contribution in [-0.4, -0.2) is 25.8 Å². The van der Waals surface area contributed by atoms with Gasteiger partial charge >= 0.3 is 0 Å². The fourth-order valence-electron chi connectivity index (χ4n) is 1.59. The minimum Gasteiger partial charge on any atom is -0.454 e. The number of hydrogen-bond acceptors (Lipinski definition) is 5. The van der Waals surface area contributed by atoms with Gasteiger partial charge < -0.3 is 20.1 Å². The number of guanidine groups is 1. The van der Waals surface area contributed by atoms with Crippen molar-refractivity contribution in [3.8, 4) is 11.5 Å². The van der Waals surface area contributed by atoms with E-state index in [-0.39, 0.29) is 12.4 Å². The Kier molecular flexibility index (Phi) is 3.05. The van der Waals surface area contributed by atoms with Gasteiger partial charge in [-0.3, -0.25) is 4.99 Å². The smallest absolute Gasteiger partial charge is 0.231 e. The Hall–Kier alpha value is -1.62. The Bertz CT molecular complexity index is 423. The van der Waals surface area contributed by atoms with E-state index in [1.807, 2.05) is 18.2 Å². The summed E-state index contributed by atoms with van der Waals surface area (Å²) in [5, 5.41) is 6.31. The Labute approximate surface area is 99.3 Å². The molecule has 1 aromatic carbocycles. The van der Waals surface area contributed by atoms with Crippen molar-refractivity contribution in [1.29, 1.82) is 0 Å². The number of halogens is 1. The highest BCUT2D eigenvalue weighted by Crippen LogP contribution is 2.34. The molecule has 3 rings (SSSR count). The molecular weight excluding hydrogens is 230 g/mol. The predicted octanol–water partition coefficient (Wildman–Crippen LogP) is 1.21. The van der Waals surface area contributed by atoms with E-state index in [9.17, 15) is 0 Å². The van der Waals surface area contributed by atoms with Gasteiger partial charge in [-0.25, -0.2) is 0 Å². The number of ether oxygens (including phenoxy) is 2. The summed E-state index contributed by atoms with van der Waals surface area (Å²) in [5.41, 5.74) is 0.951. The Morgan fingerprint density at radius 2 is 2.12 bits per heavy atom. The number of fused-ring (bicyclic) bond motifs is 1. The molecule has 0 saturated heterocycles. The van der Waals surface area contributed by atoms with Crippen LogP contribution in [0.4, 0.5) is 5.69 Å². The van der Waals surface area contributed by atoms with Gasteiger partial charge in [0, 0.05) is 18.3 Å². The standard InChI is InChI=1S/C10H11N3O2.ClH/c1-2-8-9(15-6-14-8)5-7(1)13-10-11-3-4-12-10;/h1-2,5H,3-4,6H2,(H2,11,12,13);1H. The van der Waals surface area contributed by atoms with Crippen LogP contribution in [0.3, 0.4) is 0 Å². The van der Waals surface area contributed by atoms with Gasteiger partial charge in [0.1, 0.15) is 0 Å². The normalized spacial score (nSPS) is 16.1. The second-order valence-corrected chi connectivity index (χ2v) is 3.35.